The molecule has 3 aromatic rings. The van der Waals surface area contributed by atoms with Crippen LogP contribution in [0.1, 0.15) is 44.3 Å². The molecule has 1 unspecified atom stereocenters. The summed E-state index contributed by atoms with van der Waals surface area (Å²) in [7, 11) is 1.57. The highest BCUT2D eigenvalue weighted by atomic mass is 16.5. The van der Waals surface area contributed by atoms with Crippen LogP contribution in [0.5, 0.6) is 6.01 Å². The number of hydrogen-bond donors (Lipinski definition) is 1. The molecule has 1 aliphatic heterocycles. The van der Waals surface area contributed by atoms with Crippen molar-refractivity contribution in [2.75, 3.05) is 30.4 Å². The van der Waals surface area contributed by atoms with E-state index in [9.17, 15) is 0 Å². The van der Waals surface area contributed by atoms with Crippen LogP contribution in [0, 0.1) is 0 Å². The Morgan fingerprint density at radius 3 is 2.48 bits per heavy atom. The highest BCUT2D eigenvalue weighted by molar-refractivity contribution is 5.40. The van der Waals surface area contributed by atoms with E-state index in [0.717, 1.165) is 37.3 Å². The van der Waals surface area contributed by atoms with Gasteiger partial charge in [0, 0.05) is 13.1 Å². The third kappa shape index (κ3) is 4.61. The van der Waals surface area contributed by atoms with E-state index in [2.05, 4.69) is 35.5 Å². The average Bonchev–Trinajstić information content (AvgIpc) is 3.10. The van der Waals surface area contributed by atoms with Gasteiger partial charge in [0.25, 0.3) is 0 Å². The van der Waals surface area contributed by atoms with Gasteiger partial charge in [-0.25, -0.2) is 4.68 Å². The van der Waals surface area contributed by atoms with Crippen LogP contribution in [0.2, 0.25) is 0 Å². The number of rotatable bonds is 6. The number of ether oxygens (including phenoxy) is 1. The molecule has 0 radical (unpaired) electrons. The molecule has 0 amide bonds. The van der Waals surface area contributed by atoms with E-state index in [4.69, 9.17) is 4.74 Å². The number of anilines is 2. The van der Waals surface area contributed by atoms with Gasteiger partial charge in [0.15, 0.2) is 0 Å². The van der Waals surface area contributed by atoms with Crippen LogP contribution < -0.4 is 15.0 Å². The zero-order valence-corrected chi connectivity index (χ0v) is 16.8. The number of para-hydroxylation sites is 1. The fourth-order valence-corrected chi connectivity index (χ4v) is 3.36. The van der Waals surface area contributed by atoms with Crippen LogP contribution in [0.4, 0.5) is 11.9 Å². The Labute approximate surface area is 170 Å². The summed E-state index contributed by atoms with van der Waals surface area (Å²) in [6, 6.07) is 10.1. The molecule has 3 heterocycles. The first kappa shape index (κ1) is 19.1. The monoisotopic (exact) mass is 394 g/mol. The quantitative estimate of drug-likeness (QED) is 0.682. The molecule has 2 aromatic heterocycles. The van der Waals surface area contributed by atoms with Gasteiger partial charge in [0.05, 0.1) is 25.0 Å². The summed E-state index contributed by atoms with van der Waals surface area (Å²) >= 11 is 0. The third-order valence-electron chi connectivity index (χ3n) is 5.00. The molecule has 152 valence electrons. The lowest BCUT2D eigenvalue weighted by Crippen LogP contribution is -2.27. The summed E-state index contributed by atoms with van der Waals surface area (Å²) in [6.07, 6.45) is 6.70. The molecule has 29 heavy (non-hydrogen) atoms. The first-order chi connectivity index (χ1) is 14.2. The molecule has 4 rings (SSSR count). The number of methoxy groups -OCH3 is 1. The second kappa shape index (κ2) is 8.85. The molecule has 0 bridgehead atoms. The van der Waals surface area contributed by atoms with Crippen LogP contribution in [0.15, 0.2) is 36.5 Å². The molecule has 9 nitrogen and oxygen atoms in total. The standard InChI is InChI=1S/C20H26N8O/c1-15(17-14-28(26-25-17)16-10-6-5-7-11-16)21-18-22-19(24-20(23-18)29-2)27-12-8-3-4-9-13-27/h5-7,10-11,14-15H,3-4,8-9,12-13H2,1-2H3,(H,21,22,23,24). The Bertz CT molecular complexity index is 921. The van der Waals surface area contributed by atoms with E-state index in [-0.39, 0.29) is 6.04 Å². The van der Waals surface area contributed by atoms with Crippen LogP contribution in [0.25, 0.3) is 5.69 Å². The van der Waals surface area contributed by atoms with E-state index in [1.54, 1.807) is 11.8 Å². The van der Waals surface area contributed by atoms with E-state index in [0.29, 0.717) is 17.9 Å². The van der Waals surface area contributed by atoms with Gasteiger partial charge in [0.1, 0.15) is 5.69 Å². The first-order valence-electron chi connectivity index (χ1n) is 10.0. The zero-order chi connectivity index (χ0) is 20.1. The third-order valence-corrected chi connectivity index (χ3v) is 5.00. The summed E-state index contributed by atoms with van der Waals surface area (Å²) < 4.78 is 7.06. The maximum Gasteiger partial charge on any atom is 0.322 e. The summed E-state index contributed by atoms with van der Waals surface area (Å²) in [5.74, 6) is 1.12. The lowest BCUT2D eigenvalue weighted by atomic mass is 10.2. The Morgan fingerprint density at radius 1 is 1.00 bits per heavy atom. The smallest absolute Gasteiger partial charge is 0.322 e. The van der Waals surface area contributed by atoms with Gasteiger partial charge >= 0.3 is 6.01 Å². The Balaban J connectivity index is 1.52. The largest absolute Gasteiger partial charge is 0.467 e. The van der Waals surface area contributed by atoms with E-state index in [1.165, 1.54) is 12.8 Å². The molecule has 1 fully saturated rings. The molecule has 1 saturated heterocycles. The zero-order valence-electron chi connectivity index (χ0n) is 16.8. The number of nitrogens with zero attached hydrogens (tertiary/aromatic N) is 7. The Hall–Kier alpha value is -3.23. The minimum Gasteiger partial charge on any atom is -0.467 e. The number of hydrogen-bond acceptors (Lipinski definition) is 8. The van der Waals surface area contributed by atoms with Crippen molar-refractivity contribution >= 4 is 11.9 Å². The van der Waals surface area contributed by atoms with Gasteiger partial charge in [-0.15, -0.1) is 5.10 Å². The maximum atomic E-state index is 5.31. The van der Waals surface area contributed by atoms with E-state index >= 15 is 0 Å². The van der Waals surface area contributed by atoms with Gasteiger partial charge < -0.3 is 15.0 Å². The van der Waals surface area contributed by atoms with E-state index in [1.807, 2.05) is 43.5 Å². The lowest BCUT2D eigenvalue weighted by molar-refractivity contribution is 0.378. The van der Waals surface area contributed by atoms with Crippen molar-refractivity contribution in [2.24, 2.45) is 0 Å². The van der Waals surface area contributed by atoms with Crippen molar-refractivity contribution in [3.05, 3.63) is 42.2 Å². The van der Waals surface area contributed by atoms with Gasteiger partial charge in [-0.1, -0.05) is 36.3 Å². The molecule has 0 saturated carbocycles. The summed E-state index contributed by atoms with van der Waals surface area (Å²) in [5.41, 5.74) is 1.76. The van der Waals surface area contributed by atoms with Crippen molar-refractivity contribution in [3.63, 3.8) is 0 Å². The molecule has 0 spiro atoms. The predicted octanol–water partition coefficient (Wildman–Crippen LogP) is 3.01. The highest BCUT2D eigenvalue weighted by Gasteiger charge is 2.18. The van der Waals surface area contributed by atoms with Crippen molar-refractivity contribution < 1.29 is 4.74 Å². The molecule has 0 aliphatic carbocycles. The van der Waals surface area contributed by atoms with Crippen LogP contribution >= 0.6 is 0 Å². The van der Waals surface area contributed by atoms with Crippen molar-refractivity contribution in [3.8, 4) is 11.7 Å². The first-order valence-corrected chi connectivity index (χ1v) is 10.0. The minimum atomic E-state index is -0.128. The number of aromatic nitrogens is 6. The topological polar surface area (TPSA) is 93.9 Å². The van der Waals surface area contributed by atoms with Crippen molar-refractivity contribution in [2.45, 2.75) is 38.6 Å². The molecule has 1 atom stereocenters. The van der Waals surface area contributed by atoms with Gasteiger partial charge in [-0.3, -0.25) is 0 Å². The van der Waals surface area contributed by atoms with Crippen molar-refractivity contribution in [1.82, 2.24) is 29.9 Å². The normalized spacial score (nSPS) is 15.6. The Morgan fingerprint density at radius 2 is 1.76 bits per heavy atom. The predicted molar refractivity (Wildman–Crippen MR) is 110 cm³/mol. The lowest BCUT2D eigenvalue weighted by Gasteiger charge is -2.21. The second-order valence-electron chi connectivity index (χ2n) is 7.14. The number of nitrogens with one attached hydrogen (secondary N) is 1. The molecular formula is C20H26N8O. The minimum absolute atomic E-state index is 0.128. The maximum absolute atomic E-state index is 5.31. The van der Waals surface area contributed by atoms with Gasteiger partial charge in [-0.05, 0) is 31.9 Å². The Kier molecular flexibility index (Phi) is 5.83. The molecule has 1 N–H and O–H groups in total. The SMILES string of the molecule is COc1nc(NC(C)c2cn(-c3ccccc3)nn2)nc(N2CCCCCC2)n1. The molecule has 9 heteroatoms. The summed E-state index contributed by atoms with van der Waals surface area (Å²) in [4.78, 5) is 15.7. The van der Waals surface area contributed by atoms with Crippen LogP contribution in [-0.4, -0.2) is 50.1 Å². The molecular weight excluding hydrogens is 368 g/mol. The highest BCUT2D eigenvalue weighted by Crippen LogP contribution is 2.22. The number of benzene rings is 1. The average molecular weight is 394 g/mol. The summed E-state index contributed by atoms with van der Waals surface area (Å²) in [6.45, 7) is 3.91. The molecule has 1 aliphatic rings. The fraction of sp³-hybridized carbons (Fsp3) is 0.450. The second-order valence-corrected chi connectivity index (χ2v) is 7.14. The van der Waals surface area contributed by atoms with Gasteiger partial charge in [-0.2, -0.15) is 15.0 Å². The fourth-order valence-electron chi connectivity index (χ4n) is 3.36. The van der Waals surface area contributed by atoms with Crippen LogP contribution in [-0.2, 0) is 0 Å². The molecule has 1 aromatic carbocycles. The van der Waals surface area contributed by atoms with Gasteiger partial charge in [0.2, 0.25) is 11.9 Å². The van der Waals surface area contributed by atoms with E-state index < -0.39 is 0 Å². The van der Waals surface area contributed by atoms with Crippen LogP contribution in [0.3, 0.4) is 0 Å². The van der Waals surface area contributed by atoms with Crippen molar-refractivity contribution in [1.29, 1.82) is 0 Å². The summed E-state index contributed by atoms with van der Waals surface area (Å²) in [5, 5.41) is 11.8.